The lowest BCUT2D eigenvalue weighted by atomic mass is 9.83. The standard InChI is InChI=1S/C14H19NO3S/c1-10-2-3-13-11(8-10)12(15)9-14(18-13)4-6-19(16,17)7-5-14/h2-3,8,12H,4-7,9,15H2,1H3. The Morgan fingerprint density at radius 2 is 2.00 bits per heavy atom. The lowest BCUT2D eigenvalue weighted by Gasteiger charge is -2.43. The maximum Gasteiger partial charge on any atom is 0.150 e. The molecule has 1 aromatic rings. The van der Waals surface area contributed by atoms with Crippen LogP contribution >= 0.6 is 0 Å². The van der Waals surface area contributed by atoms with Crippen LogP contribution in [0.2, 0.25) is 0 Å². The molecule has 1 unspecified atom stereocenters. The quantitative estimate of drug-likeness (QED) is 0.786. The fourth-order valence-electron chi connectivity index (χ4n) is 3.05. The van der Waals surface area contributed by atoms with Crippen molar-refractivity contribution in [3.63, 3.8) is 0 Å². The first kappa shape index (κ1) is 12.9. The van der Waals surface area contributed by atoms with Crippen molar-refractivity contribution in [3.8, 4) is 5.75 Å². The molecule has 0 amide bonds. The van der Waals surface area contributed by atoms with Crippen LogP contribution in [0.5, 0.6) is 5.75 Å². The first-order chi connectivity index (χ1) is 8.89. The Morgan fingerprint density at radius 1 is 1.32 bits per heavy atom. The van der Waals surface area contributed by atoms with E-state index < -0.39 is 9.84 Å². The van der Waals surface area contributed by atoms with Gasteiger partial charge in [-0.25, -0.2) is 8.42 Å². The van der Waals surface area contributed by atoms with Crippen molar-refractivity contribution < 1.29 is 13.2 Å². The molecule has 0 aliphatic carbocycles. The second-order valence-electron chi connectivity index (χ2n) is 5.79. The van der Waals surface area contributed by atoms with Gasteiger partial charge in [-0.2, -0.15) is 0 Å². The van der Waals surface area contributed by atoms with E-state index >= 15 is 0 Å². The third-order valence-electron chi connectivity index (χ3n) is 4.22. The molecular weight excluding hydrogens is 262 g/mol. The minimum atomic E-state index is -2.88. The Balaban J connectivity index is 1.91. The number of rotatable bonds is 0. The molecule has 104 valence electrons. The molecule has 0 radical (unpaired) electrons. The fourth-order valence-corrected chi connectivity index (χ4v) is 4.62. The molecule has 0 bridgehead atoms. The molecule has 1 fully saturated rings. The molecule has 2 N–H and O–H groups in total. The predicted molar refractivity (Wildman–Crippen MR) is 74.0 cm³/mol. The highest BCUT2D eigenvalue weighted by Crippen LogP contribution is 2.43. The fraction of sp³-hybridized carbons (Fsp3) is 0.571. The van der Waals surface area contributed by atoms with Crippen LogP contribution in [0.15, 0.2) is 18.2 Å². The molecule has 2 aliphatic rings. The molecule has 0 aromatic heterocycles. The lowest BCUT2D eigenvalue weighted by molar-refractivity contribution is 0.0264. The van der Waals surface area contributed by atoms with Gasteiger partial charge < -0.3 is 10.5 Å². The van der Waals surface area contributed by atoms with Crippen LogP contribution in [0.3, 0.4) is 0 Å². The molecule has 5 heteroatoms. The summed E-state index contributed by atoms with van der Waals surface area (Å²) < 4.78 is 29.3. The van der Waals surface area contributed by atoms with Gasteiger partial charge in [-0.05, 0) is 13.0 Å². The van der Waals surface area contributed by atoms with Crippen molar-refractivity contribution in [3.05, 3.63) is 29.3 Å². The monoisotopic (exact) mass is 281 g/mol. The van der Waals surface area contributed by atoms with E-state index in [1.165, 1.54) is 5.56 Å². The Labute approximate surface area is 113 Å². The average Bonchev–Trinajstić information content (AvgIpc) is 2.35. The van der Waals surface area contributed by atoms with Crippen LogP contribution in [0.1, 0.15) is 36.4 Å². The third kappa shape index (κ3) is 2.37. The largest absolute Gasteiger partial charge is 0.487 e. The Morgan fingerprint density at radius 3 is 2.68 bits per heavy atom. The van der Waals surface area contributed by atoms with Crippen LogP contribution in [0.4, 0.5) is 0 Å². The van der Waals surface area contributed by atoms with Crippen molar-refractivity contribution in [2.45, 2.75) is 37.8 Å². The van der Waals surface area contributed by atoms with Crippen LogP contribution in [-0.4, -0.2) is 25.5 Å². The molecule has 4 nitrogen and oxygen atoms in total. The number of aryl methyl sites for hydroxylation is 1. The molecule has 2 aliphatic heterocycles. The van der Waals surface area contributed by atoms with E-state index in [4.69, 9.17) is 10.5 Å². The lowest BCUT2D eigenvalue weighted by Crippen LogP contribution is -2.48. The second-order valence-corrected chi connectivity index (χ2v) is 8.09. The summed E-state index contributed by atoms with van der Waals surface area (Å²) in [6.07, 6.45) is 1.81. The zero-order valence-corrected chi connectivity index (χ0v) is 11.9. The first-order valence-corrected chi connectivity index (χ1v) is 8.47. The van der Waals surface area contributed by atoms with Gasteiger partial charge in [-0.3, -0.25) is 0 Å². The van der Waals surface area contributed by atoms with Crippen molar-refractivity contribution in [2.24, 2.45) is 5.73 Å². The summed E-state index contributed by atoms with van der Waals surface area (Å²) in [6.45, 7) is 2.03. The normalized spacial score (nSPS) is 27.6. The number of hydrogen-bond acceptors (Lipinski definition) is 4. The molecule has 2 heterocycles. The molecule has 19 heavy (non-hydrogen) atoms. The smallest absolute Gasteiger partial charge is 0.150 e. The molecule has 1 atom stereocenters. The first-order valence-electron chi connectivity index (χ1n) is 6.65. The summed E-state index contributed by atoms with van der Waals surface area (Å²) in [6, 6.07) is 5.95. The van der Waals surface area contributed by atoms with Gasteiger partial charge >= 0.3 is 0 Å². The summed E-state index contributed by atoms with van der Waals surface area (Å²) in [5.74, 6) is 1.24. The summed E-state index contributed by atoms with van der Waals surface area (Å²) in [4.78, 5) is 0. The summed E-state index contributed by atoms with van der Waals surface area (Å²) in [7, 11) is -2.88. The van der Waals surface area contributed by atoms with Crippen molar-refractivity contribution in [1.29, 1.82) is 0 Å². The van der Waals surface area contributed by atoms with Gasteiger partial charge in [0.2, 0.25) is 0 Å². The van der Waals surface area contributed by atoms with Gasteiger partial charge in [0.05, 0.1) is 11.5 Å². The van der Waals surface area contributed by atoms with Crippen molar-refractivity contribution in [1.82, 2.24) is 0 Å². The van der Waals surface area contributed by atoms with Crippen LogP contribution < -0.4 is 10.5 Å². The van der Waals surface area contributed by atoms with E-state index in [2.05, 4.69) is 6.07 Å². The number of benzene rings is 1. The summed E-state index contributed by atoms with van der Waals surface area (Å²) in [5.41, 5.74) is 8.08. The SMILES string of the molecule is Cc1ccc2c(c1)C(N)CC1(CCS(=O)(=O)CC1)O2. The highest BCUT2D eigenvalue weighted by Gasteiger charge is 2.44. The molecule has 1 spiro atoms. The van der Waals surface area contributed by atoms with Gasteiger partial charge in [-0.15, -0.1) is 0 Å². The molecule has 1 aromatic carbocycles. The van der Waals surface area contributed by atoms with E-state index in [1.54, 1.807) is 0 Å². The minimum absolute atomic E-state index is 0.0653. The van der Waals surface area contributed by atoms with Gasteiger partial charge in [0, 0.05) is 30.9 Å². The van der Waals surface area contributed by atoms with E-state index in [-0.39, 0.29) is 23.1 Å². The number of fused-ring (bicyclic) bond motifs is 1. The van der Waals surface area contributed by atoms with Gasteiger partial charge in [-0.1, -0.05) is 17.7 Å². The van der Waals surface area contributed by atoms with E-state index in [0.29, 0.717) is 19.3 Å². The minimum Gasteiger partial charge on any atom is -0.487 e. The highest BCUT2D eigenvalue weighted by molar-refractivity contribution is 7.91. The maximum absolute atomic E-state index is 11.6. The Kier molecular flexibility index (Phi) is 2.87. The molecule has 0 saturated carbocycles. The number of sulfone groups is 1. The third-order valence-corrected chi connectivity index (χ3v) is 5.87. The second kappa shape index (κ2) is 4.21. The van der Waals surface area contributed by atoms with Crippen LogP contribution in [0.25, 0.3) is 0 Å². The van der Waals surface area contributed by atoms with Gasteiger partial charge in [0.15, 0.2) is 9.84 Å². The number of hydrogen-bond donors (Lipinski definition) is 1. The number of ether oxygens (including phenoxy) is 1. The van der Waals surface area contributed by atoms with Crippen LogP contribution in [0, 0.1) is 6.92 Å². The summed E-state index contributed by atoms with van der Waals surface area (Å²) in [5, 5.41) is 0. The van der Waals surface area contributed by atoms with Gasteiger partial charge in [0.25, 0.3) is 0 Å². The van der Waals surface area contributed by atoms with Crippen molar-refractivity contribution >= 4 is 9.84 Å². The molecular formula is C14H19NO3S. The average molecular weight is 281 g/mol. The van der Waals surface area contributed by atoms with E-state index in [1.807, 2.05) is 19.1 Å². The predicted octanol–water partition coefficient (Wildman–Crippen LogP) is 1.72. The van der Waals surface area contributed by atoms with E-state index in [0.717, 1.165) is 11.3 Å². The number of nitrogens with two attached hydrogens (primary N) is 1. The topological polar surface area (TPSA) is 69.4 Å². The Bertz CT molecular complexity index is 595. The summed E-state index contributed by atoms with van der Waals surface area (Å²) >= 11 is 0. The van der Waals surface area contributed by atoms with Crippen LogP contribution in [-0.2, 0) is 9.84 Å². The Hall–Kier alpha value is -1.07. The van der Waals surface area contributed by atoms with E-state index in [9.17, 15) is 8.42 Å². The zero-order chi connectivity index (χ0) is 13.7. The maximum atomic E-state index is 11.6. The zero-order valence-electron chi connectivity index (χ0n) is 11.1. The van der Waals surface area contributed by atoms with Gasteiger partial charge in [0.1, 0.15) is 11.4 Å². The highest BCUT2D eigenvalue weighted by atomic mass is 32.2. The molecule has 3 rings (SSSR count). The van der Waals surface area contributed by atoms with Crippen molar-refractivity contribution in [2.75, 3.05) is 11.5 Å². The molecule has 1 saturated heterocycles.